The van der Waals surface area contributed by atoms with Crippen LogP contribution in [0.1, 0.15) is 29.5 Å². The van der Waals surface area contributed by atoms with Gasteiger partial charge in [-0.25, -0.2) is 9.97 Å². The molecule has 0 spiro atoms. The fourth-order valence-corrected chi connectivity index (χ4v) is 4.98. The summed E-state index contributed by atoms with van der Waals surface area (Å²) >= 11 is 3.17. The summed E-state index contributed by atoms with van der Waals surface area (Å²) in [6.07, 6.45) is 0.931. The van der Waals surface area contributed by atoms with Crippen molar-refractivity contribution in [1.82, 2.24) is 14.9 Å². The zero-order valence-corrected chi connectivity index (χ0v) is 18.3. The van der Waals surface area contributed by atoms with E-state index in [1.165, 1.54) is 11.3 Å². The molecule has 152 valence electrons. The molecule has 1 aromatic carbocycles. The van der Waals surface area contributed by atoms with E-state index >= 15 is 0 Å². The highest BCUT2D eigenvalue weighted by molar-refractivity contribution is 7.13. The molecule has 1 saturated heterocycles. The maximum absolute atomic E-state index is 13.0. The third-order valence-electron chi connectivity index (χ3n) is 4.80. The van der Waals surface area contributed by atoms with Gasteiger partial charge in [-0.3, -0.25) is 4.79 Å². The van der Waals surface area contributed by atoms with Gasteiger partial charge in [0.05, 0.1) is 12.3 Å². The van der Waals surface area contributed by atoms with Crippen LogP contribution in [0, 0.1) is 6.92 Å². The lowest BCUT2D eigenvalue weighted by Gasteiger charge is -2.21. The SMILES string of the molecule is CCOc1ccc(-c2nc(C(=O)N3CCCN(c4nc(C)cs4)CC3)cs2)cc1. The van der Waals surface area contributed by atoms with Gasteiger partial charge in [0.15, 0.2) is 5.13 Å². The molecule has 0 N–H and O–H groups in total. The van der Waals surface area contributed by atoms with E-state index in [1.54, 1.807) is 11.3 Å². The Morgan fingerprint density at radius 3 is 2.62 bits per heavy atom. The van der Waals surface area contributed by atoms with Gasteiger partial charge in [0.25, 0.3) is 5.91 Å². The quantitative estimate of drug-likeness (QED) is 0.606. The van der Waals surface area contributed by atoms with Crippen molar-refractivity contribution in [3.8, 4) is 16.3 Å². The summed E-state index contributed by atoms with van der Waals surface area (Å²) in [6, 6.07) is 7.84. The number of carbonyl (C=O) groups excluding carboxylic acids is 1. The summed E-state index contributed by atoms with van der Waals surface area (Å²) < 4.78 is 5.49. The summed E-state index contributed by atoms with van der Waals surface area (Å²) in [4.78, 5) is 26.4. The van der Waals surface area contributed by atoms with Crippen LogP contribution in [0.4, 0.5) is 5.13 Å². The Hall–Kier alpha value is -2.45. The maximum Gasteiger partial charge on any atom is 0.273 e. The highest BCUT2D eigenvalue weighted by Gasteiger charge is 2.23. The fourth-order valence-electron chi connectivity index (χ4n) is 3.33. The van der Waals surface area contributed by atoms with Gasteiger partial charge in [0.2, 0.25) is 0 Å². The van der Waals surface area contributed by atoms with E-state index in [0.717, 1.165) is 53.2 Å². The molecule has 0 atom stereocenters. The molecule has 3 heterocycles. The van der Waals surface area contributed by atoms with E-state index in [1.807, 2.05) is 48.4 Å². The molecule has 6 nitrogen and oxygen atoms in total. The van der Waals surface area contributed by atoms with Gasteiger partial charge in [0, 0.05) is 42.5 Å². The topological polar surface area (TPSA) is 58.6 Å². The Kier molecular flexibility index (Phi) is 6.10. The zero-order valence-electron chi connectivity index (χ0n) is 16.6. The summed E-state index contributed by atoms with van der Waals surface area (Å²) in [5.41, 5.74) is 2.57. The summed E-state index contributed by atoms with van der Waals surface area (Å²) in [5.74, 6) is 0.851. The third-order valence-corrected chi connectivity index (χ3v) is 6.71. The first-order valence-electron chi connectivity index (χ1n) is 9.79. The number of rotatable bonds is 5. The molecule has 1 aliphatic rings. The van der Waals surface area contributed by atoms with Crippen LogP contribution in [-0.2, 0) is 0 Å². The molecular weight excluding hydrogens is 404 g/mol. The molecule has 0 bridgehead atoms. The largest absolute Gasteiger partial charge is 0.494 e. The van der Waals surface area contributed by atoms with Crippen LogP contribution in [0.25, 0.3) is 10.6 Å². The van der Waals surface area contributed by atoms with Crippen LogP contribution in [0.3, 0.4) is 0 Å². The lowest BCUT2D eigenvalue weighted by Crippen LogP contribution is -2.35. The second-order valence-corrected chi connectivity index (χ2v) is 8.59. The van der Waals surface area contributed by atoms with E-state index in [0.29, 0.717) is 18.8 Å². The van der Waals surface area contributed by atoms with E-state index in [-0.39, 0.29) is 5.91 Å². The van der Waals surface area contributed by atoms with E-state index in [2.05, 4.69) is 20.2 Å². The van der Waals surface area contributed by atoms with Crippen molar-refractivity contribution < 1.29 is 9.53 Å². The minimum atomic E-state index is 0.00982. The number of aryl methyl sites for hydroxylation is 1. The van der Waals surface area contributed by atoms with Crippen LogP contribution in [0.2, 0.25) is 0 Å². The number of aromatic nitrogens is 2. The third kappa shape index (κ3) is 4.59. The molecule has 3 aromatic rings. The minimum Gasteiger partial charge on any atom is -0.494 e. The van der Waals surface area contributed by atoms with Crippen molar-refractivity contribution in [2.75, 3.05) is 37.7 Å². The van der Waals surface area contributed by atoms with E-state index < -0.39 is 0 Å². The van der Waals surface area contributed by atoms with Crippen LogP contribution in [0.5, 0.6) is 5.75 Å². The van der Waals surface area contributed by atoms with Crippen molar-refractivity contribution in [2.24, 2.45) is 0 Å². The highest BCUT2D eigenvalue weighted by Crippen LogP contribution is 2.27. The predicted octanol–water partition coefficient (Wildman–Crippen LogP) is 4.33. The van der Waals surface area contributed by atoms with Gasteiger partial charge in [-0.05, 0) is 44.5 Å². The summed E-state index contributed by atoms with van der Waals surface area (Å²) in [5, 5.41) is 5.83. The molecule has 4 rings (SSSR count). The number of thiazole rings is 2. The first-order valence-corrected chi connectivity index (χ1v) is 11.5. The van der Waals surface area contributed by atoms with Crippen molar-refractivity contribution >= 4 is 33.7 Å². The fraction of sp³-hybridized carbons (Fsp3) is 0.381. The van der Waals surface area contributed by atoms with E-state index in [9.17, 15) is 4.79 Å². The van der Waals surface area contributed by atoms with Crippen molar-refractivity contribution in [3.05, 3.63) is 46.4 Å². The average molecular weight is 429 g/mol. The lowest BCUT2D eigenvalue weighted by atomic mass is 10.2. The normalized spacial score (nSPS) is 14.7. The Labute approximate surface area is 178 Å². The van der Waals surface area contributed by atoms with Gasteiger partial charge in [-0.15, -0.1) is 22.7 Å². The summed E-state index contributed by atoms with van der Waals surface area (Å²) in [6.45, 7) is 7.78. The van der Waals surface area contributed by atoms with Gasteiger partial charge in [-0.1, -0.05) is 0 Å². The number of hydrogen-bond acceptors (Lipinski definition) is 7. The number of benzene rings is 1. The second kappa shape index (κ2) is 8.92. The predicted molar refractivity (Wildman–Crippen MR) is 118 cm³/mol. The first-order chi connectivity index (χ1) is 14.1. The minimum absolute atomic E-state index is 0.00982. The van der Waals surface area contributed by atoms with Crippen molar-refractivity contribution in [2.45, 2.75) is 20.3 Å². The lowest BCUT2D eigenvalue weighted by molar-refractivity contribution is 0.0762. The van der Waals surface area contributed by atoms with Gasteiger partial charge < -0.3 is 14.5 Å². The van der Waals surface area contributed by atoms with Crippen LogP contribution in [0.15, 0.2) is 35.0 Å². The van der Waals surface area contributed by atoms with Crippen LogP contribution >= 0.6 is 22.7 Å². The highest BCUT2D eigenvalue weighted by atomic mass is 32.1. The van der Waals surface area contributed by atoms with E-state index in [4.69, 9.17) is 4.74 Å². The van der Waals surface area contributed by atoms with Crippen molar-refractivity contribution in [1.29, 1.82) is 0 Å². The number of hydrogen-bond donors (Lipinski definition) is 0. The van der Waals surface area contributed by atoms with Crippen LogP contribution in [-0.4, -0.2) is 53.6 Å². The molecule has 8 heteroatoms. The van der Waals surface area contributed by atoms with Crippen molar-refractivity contribution in [3.63, 3.8) is 0 Å². The van der Waals surface area contributed by atoms with Crippen LogP contribution < -0.4 is 9.64 Å². The number of ether oxygens (including phenoxy) is 1. The van der Waals surface area contributed by atoms with Gasteiger partial charge >= 0.3 is 0 Å². The number of amides is 1. The maximum atomic E-state index is 13.0. The smallest absolute Gasteiger partial charge is 0.273 e. The Bertz CT molecular complexity index is 967. The second-order valence-electron chi connectivity index (χ2n) is 6.90. The number of nitrogens with zero attached hydrogens (tertiary/aromatic N) is 4. The number of anilines is 1. The first kappa shape index (κ1) is 19.8. The molecule has 0 saturated carbocycles. The van der Waals surface area contributed by atoms with Gasteiger partial charge in [-0.2, -0.15) is 0 Å². The molecule has 29 heavy (non-hydrogen) atoms. The molecular formula is C21H24N4O2S2. The molecule has 1 amide bonds. The standard InChI is InChI=1S/C21H24N4O2S2/c1-3-27-17-7-5-16(6-8-17)19-23-18(14-28-19)20(26)24-9-4-10-25(12-11-24)21-22-15(2)13-29-21/h5-8,13-14H,3-4,9-12H2,1-2H3. The molecule has 0 radical (unpaired) electrons. The molecule has 0 unspecified atom stereocenters. The Morgan fingerprint density at radius 1 is 1.07 bits per heavy atom. The summed E-state index contributed by atoms with van der Waals surface area (Å²) in [7, 11) is 0. The molecule has 0 aliphatic carbocycles. The molecule has 2 aromatic heterocycles. The molecule has 1 fully saturated rings. The zero-order chi connectivity index (χ0) is 20.2. The number of carbonyl (C=O) groups is 1. The molecule has 1 aliphatic heterocycles. The average Bonchev–Trinajstić information content (AvgIpc) is 3.32. The Morgan fingerprint density at radius 2 is 1.90 bits per heavy atom. The monoisotopic (exact) mass is 428 g/mol. The van der Waals surface area contributed by atoms with Gasteiger partial charge in [0.1, 0.15) is 16.5 Å². The Balaban J connectivity index is 1.42.